The minimum Gasteiger partial charge on any atom is -0.320 e. The summed E-state index contributed by atoms with van der Waals surface area (Å²) in [6.45, 7) is 5.82. The molecule has 1 heterocycles. The average molecular weight is 292 g/mol. The highest BCUT2D eigenvalue weighted by molar-refractivity contribution is 7.99. The summed E-state index contributed by atoms with van der Waals surface area (Å²) in [4.78, 5) is 4.11. The molecule has 1 fully saturated rings. The third-order valence-corrected chi connectivity index (χ3v) is 5.14. The summed E-state index contributed by atoms with van der Waals surface area (Å²) in [6, 6.07) is 9.70. The van der Waals surface area contributed by atoms with E-state index in [1.54, 1.807) is 0 Å². The topological polar surface area (TPSA) is 15.3 Å². The molecule has 1 aliphatic rings. The third-order valence-electron chi connectivity index (χ3n) is 4.14. The van der Waals surface area contributed by atoms with Crippen molar-refractivity contribution in [3.8, 4) is 0 Å². The molecular formula is C17H28N2S. The second kappa shape index (κ2) is 8.71. The van der Waals surface area contributed by atoms with Crippen LogP contribution < -0.4 is 5.32 Å². The maximum Gasteiger partial charge on any atom is 0.0108 e. The van der Waals surface area contributed by atoms with E-state index in [2.05, 4.69) is 48.5 Å². The van der Waals surface area contributed by atoms with Crippen LogP contribution in [0.15, 0.2) is 29.2 Å². The first-order valence-corrected chi connectivity index (χ1v) is 8.86. The van der Waals surface area contributed by atoms with Gasteiger partial charge in [0.2, 0.25) is 0 Å². The summed E-state index contributed by atoms with van der Waals surface area (Å²) in [5, 5.41) is 3.29. The van der Waals surface area contributed by atoms with Crippen LogP contribution in [0.3, 0.4) is 0 Å². The van der Waals surface area contributed by atoms with Crippen molar-refractivity contribution in [3.63, 3.8) is 0 Å². The molecular weight excluding hydrogens is 264 g/mol. The van der Waals surface area contributed by atoms with Gasteiger partial charge in [0.1, 0.15) is 0 Å². The summed E-state index contributed by atoms with van der Waals surface area (Å²) in [7, 11) is 2.06. The number of benzene rings is 1. The first-order valence-electron chi connectivity index (χ1n) is 7.87. The molecule has 1 unspecified atom stereocenters. The van der Waals surface area contributed by atoms with E-state index in [0.29, 0.717) is 0 Å². The van der Waals surface area contributed by atoms with Crippen LogP contribution in [0, 0.1) is 6.92 Å². The van der Waals surface area contributed by atoms with Crippen molar-refractivity contribution in [2.75, 3.05) is 32.4 Å². The molecule has 0 radical (unpaired) electrons. The Bertz CT molecular complexity index is 377. The van der Waals surface area contributed by atoms with Crippen molar-refractivity contribution in [1.29, 1.82) is 0 Å². The van der Waals surface area contributed by atoms with Crippen molar-refractivity contribution in [2.45, 2.75) is 43.5 Å². The predicted octanol–water partition coefficient (Wildman–Crippen LogP) is 3.55. The Morgan fingerprint density at radius 1 is 1.25 bits per heavy atom. The molecule has 1 atom stereocenters. The maximum absolute atomic E-state index is 3.29. The fraction of sp³-hybridized carbons (Fsp3) is 0.647. The zero-order chi connectivity index (χ0) is 14.2. The van der Waals surface area contributed by atoms with Crippen LogP contribution in [0.4, 0.5) is 0 Å². The minimum absolute atomic E-state index is 0.801. The molecule has 2 nitrogen and oxygen atoms in total. The molecule has 0 bridgehead atoms. The van der Waals surface area contributed by atoms with Gasteiger partial charge in [-0.15, -0.1) is 11.8 Å². The highest BCUT2D eigenvalue weighted by atomic mass is 32.2. The summed E-state index contributed by atoms with van der Waals surface area (Å²) in [5.41, 5.74) is 1.34. The first kappa shape index (κ1) is 15.9. The lowest BCUT2D eigenvalue weighted by atomic mass is 9.99. The van der Waals surface area contributed by atoms with Crippen molar-refractivity contribution in [3.05, 3.63) is 29.8 Å². The number of thioether (sulfide) groups is 1. The number of hydrogen-bond acceptors (Lipinski definition) is 3. The van der Waals surface area contributed by atoms with Crippen LogP contribution >= 0.6 is 11.8 Å². The molecule has 0 saturated carbocycles. The van der Waals surface area contributed by atoms with E-state index in [1.807, 2.05) is 11.8 Å². The van der Waals surface area contributed by atoms with Crippen LogP contribution in [-0.4, -0.2) is 43.4 Å². The summed E-state index contributed by atoms with van der Waals surface area (Å²) in [5.74, 6) is 1.21. The number of likely N-dealkylation sites (tertiary alicyclic amines) is 1. The zero-order valence-electron chi connectivity index (χ0n) is 12.9. The van der Waals surface area contributed by atoms with Gasteiger partial charge in [0.05, 0.1) is 0 Å². The molecule has 3 heteroatoms. The van der Waals surface area contributed by atoms with Crippen LogP contribution in [0.2, 0.25) is 0 Å². The van der Waals surface area contributed by atoms with Crippen LogP contribution in [0.25, 0.3) is 0 Å². The normalized spacial score (nSPS) is 20.2. The molecule has 2 rings (SSSR count). The van der Waals surface area contributed by atoms with E-state index >= 15 is 0 Å². The molecule has 1 aromatic carbocycles. The number of nitrogens with zero attached hydrogens (tertiary/aromatic N) is 1. The average Bonchev–Trinajstić information content (AvgIpc) is 2.48. The van der Waals surface area contributed by atoms with Gasteiger partial charge in [-0.3, -0.25) is 4.90 Å². The van der Waals surface area contributed by atoms with Gasteiger partial charge in [0.25, 0.3) is 0 Å². The fourth-order valence-corrected chi connectivity index (χ4v) is 3.80. The Morgan fingerprint density at radius 2 is 2.05 bits per heavy atom. The summed E-state index contributed by atoms with van der Waals surface area (Å²) >= 11 is 1.99. The number of piperidine rings is 1. The fourth-order valence-electron chi connectivity index (χ4n) is 2.91. The van der Waals surface area contributed by atoms with E-state index < -0.39 is 0 Å². The van der Waals surface area contributed by atoms with Crippen LogP contribution in [0.1, 0.15) is 31.2 Å². The molecule has 0 spiro atoms. The molecule has 1 N–H and O–H groups in total. The lowest BCUT2D eigenvalue weighted by Crippen LogP contribution is -2.42. The Kier molecular flexibility index (Phi) is 6.91. The lowest BCUT2D eigenvalue weighted by Gasteiger charge is -2.35. The number of rotatable bonds is 7. The van der Waals surface area contributed by atoms with Crippen molar-refractivity contribution in [2.24, 2.45) is 0 Å². The van der Waals surface area contributed by atoms with Crippen molar-refractivity contribution in [1.82, 2.24) is 10.2 Å². The first-order chi connectivity index (χ1) is 9.79. The standard InChI is InChI=1S/C17H28N2S/c1-15-6-8-17(9-7-15)20-14-13-19-12-4-3-5-16(19)10-11-18-2/h6-9,16,18H,3-5,10-14H2,1-2H3. The van der Waals surface area contributed by atoms with Gasteiger partial charge in [-0.25, -0.2) is 0 Å². The monoisotopic (exact) mass is 292 g/mol. The Balaban J connectivity index is 1.74. The lowest BCUT2D eigenvalue weighted by molar-refractivity contribution is 0.149. The van der Waals surface area contributed by atoms with Crippen molar-refractivity contribution < 1.29 is 0 Å². The van der Waals surface area contributed by atoms with Gasteiger partial charge < -0.3 is 5.32 Å². The van der Waals surface area contributed by atoms with Crippen molar-refractivity contribution >= 4 is 11.8 Å². The minimum atomic E-state index is 0.801. The molecule has 1 aromatic rings. The van der Waals surface area contributed by atoms with Gasteiger partial charge >= 0.3 is 0 Å². The Morgan fingerprint density at radius 3 is 2.80 bits per heavy atom. The highest BCUT2D eigenvalue weighted by Gasteiger charge is 2.21. The molecule has 0 aromatic heterocycles. The molecule has 1 saturated heterocycles. The van der Waals surface area contributed by atoms with E-state index in [1.165, 1.54) is 55.0 Å². The summed E-state index contributed by atoms with van der Waals surface area (Å²) < 4.78 is 0. The second-order valence-corrected chi connectivity index (χ2v) is 6.91. The summed E-state index contributed by atoms with van der Waals surface area (Å²) in [6.07, 6.45) is 5.48. The smallest absolute Gasteiger partial charge is 0.0108 e. The molecule has 112 valence electrons. The van der Waals surface area contributed by atoms with E-state index in [-0.39, 0.29) is 0 Å². The van der Waals surface area contributed by atoms with E-state index in [4.69, 9.17) is 0 Å². The maximum atomic E-state index is 3.29. The van der Waals surface area contributed by atoms with Gasteiger partial charge in [-0.2, -0.15) is 0 Å². The molecule has 1 aliphatic heterocycles. The van der Waals surface area contributed by atoms with E-state index in [0.717, 1.165) is 12.6 Å². The Labute approximate surface area is 128 Å². The molecule has 20 heavy (non-hydrogen) atoms. The molecule has 0 amide bonds. The van der Waals surface area contributed by atoms with Gasteiger partial charge in [-0.05, 0) is 58.5 Å². The quantitative estimate of drug-likeness (QED) is 0.774. The zero-order valence-corrected chi connectivity index (χ0v) is 13.7. The number of nitrogens with one attached hydrogen (secondary N) is 1. The predicted molar refractivity (Wildman–Crippen MR) is 89.7 cm³/mol. The van der Waals surface area contributed by atoms with Gasteiger partial charge in [-0.1, -0.05) is 24.1 Å². The van der Waals surface area contributed by atoms with Crippen LogP contribution in [0.5, 0.6) is 0 Å². The Hall–Kier alpha value is -0.510. The van der Waals surface area contributed by atoms with Gasteiger partial charge in [0.15, 0.2) is 0 Å². The van der Waals surface area contributed by atoms with Crippen LogP contribution in [-0.2, 0) is 0 Å². The second-order valence-electron chi connectivity index (χ2n) is 5.74. The third kappa shape index (κ3) is 5.12. The highest BCUT2D eigenvalue weighted by Crippen LogP contribution is 2.22. The number of hydrogen-bond donors (Lipinski definition) is 1. The largest absolute Gasteiger partial charge is 0.320 e. The molecule has 0 aliphatic carbocycles. The van der Waals surface area contributed by atoms with E-state index in [9.17, 15) is 0 Å². The van der Waals surface area contributed by atoms with Gasteiger partial charge in [0, 0.05) is 23.2 Å². The number of aryl methyl sites for hydroxylation is 1. The SMILES string of the molecule is CNCCC1CCCCN1CCSc1ccc(C)cc1.